The Hall–Kier alpha value is -3.10. The fourth-order valence-corrected chi connectivity index (χ4v) is 3.34. The highest BCUT2D eigenvalue weighted by atomic mass is 35.5. The maximum absolute atomic E-state index is 12.7. The monoisotopic (exact) mass is 371 g/mol. The summed E-state index contributed by atoms with van der Waals surface area (Å²) in [5.41, 5.74) is 4.68. The van der Waals surface area contributed by atoms with E-state index in [9.17, 15) is 4.79 Å². The number of rotatable bonds is 3. The summed E-state index contributed by atoms with van der Waals surface area (Å²) in [6.45, 7) is 2.00. The van der Waals surface area contributed by atoms with Crippen molar-refractivity contribution in [2.24, 2.45) is 0 Å². The second-order valence-electron chi connectivity index (χ2n) is 6.54. The lowest BCUT2D eigenvalue weighted by atomic mass is 9.97. The third kappa shape index (κ3) is 3.57. The summed E-state index contributed by atoms with van der Waals surface area (Å²) in [5.74, 6) is -0.117. The molecular formula is C24H18ClNO. The number of carbonyl (C=O) groups excluding carboxylic acids is 1. The van der Waals surface area contributed by atoms with Crippen LogP contribution in [0.5, 0.6) is 0 Å². The molecular weight excluding hydrogens is 354 g/mol. The number of hydrogen-bond acceptors (Lipinski definition) is 1. The molecule has 4 aromatic rings. The van der Waals surface area contributed by atoms with Gasteiger partial charge in [0.1, 0.15) is 0 Å². The highest BCUT2D eigenvalue weighted by Crippen LogP contribution is 2.34. The van der Waals surface area contributed by atoms with Crippen LogP contribution in [0.25, 0.3) is 21.9 Å². The quantitative estimate of drug-likeness (QED) is 0.425. The van der Waals surface area contributed by atoms with Crippen LogP contribution in [-0.4, -0.2) is 5.91 Å². The number of anilines is 1. The average Bonchev–Trinajstić information content (AvgIpc) is 2.69. The van der Waals surface area contributed by atoms with Crippen molar-refractivity contribution in [3.63, 3.8) is 0 Å². The van der Waals surface area contributed by atoms with E-state index in [0.29, 0.717) is 10.6 Å². The van der Waals surface area contributed by atoms with E-state index in [4.69, 9.17) is 11.6 Å². The highest BCUT2D eigenvalue weighted by Gasteiger charge is 2.12. The van der Waals surface area contributed by atoms with Crippen LogP contribution in [0.4, 0.5) is 5.69 Å². The first-order valence-corrected chi connectivity index (χ1v) is 9.15. The van der Waals surface area contributed by atoms with E-state index < -0.39 is 0 Å². The summed E-state index contributed by atoms with van der Waals surface area (Å²) < 4.78 is 0. The van der Waals surface area contributed by atoms with Crippen molar-refractivity contribution in [3.8, 4) is 11.1 Å². The third-order valence-electron chi connectivity index (χ3n) is 4.62. The first-order valence-electron chi connectivity index (χ1n) is 8.77. The van der Waals surface area contributed by atoms with Gasteiger partial charge in [0.25, 0.3) is 5.91 Å². The van der Waals surface area contributed by atoms with Crippen LogP contribution < -0.4 is 5.32 Å². The number of amides is 1. The maximum Gasteiger partial charge on any atom is 0.255 e. The Kier molecular flexibility index (Phi) is 4.66. The van der Waals surface area contributed by atoms with Crippen LogP contribution in [0.2, 0.25) is 5.02 Å². The molecule has 3 heteroatoms. The molecule has 4 rings (SSSR count). The number of aryl methyl sites for hydroxylation is 1. The number of nitrogens with one attached hydrogen (secondary N) is 1. The van der Waals surface area contributed by atoms with Crippen LogP contribution in [0, 0.1) is 6.92 Å². The Labute approximate surface area is 163 Å². The van der Waals surface area contributed by atoms with Gasteiger partial charge in [0, 0.05) is 21.7 Å². The summed E-state index contributed by atoms with van der Waals surface area (Å²) in [6.07, 6.45) is 0. The molecule has 2 nitrogen and oxygen atoms in total. The molecule has 132 valence electrons. The molecule has 0 aliphatic rings. The van der Waals surface area contributed by atoms with Gasteiger partial charge in [-0.1, -0.05) is 71.8 Å². The number of fused-ring (bicyclic) bond motifs is 1. The maximum atomic E-state index is 12.7. The van der Waals surface area contributed by atoms with Crippen LogP contribution in [0.3, 0.4) is 0 Å². The fraction of sp³-hybridized carbons (Fsp3) is 0.0417. The Morgan fingerprint density at radius 1 is 0.815 bits per heavy atom. The Morgan fingerprint density at radius 2 is 1.48 bits per heavy atom. The van der Waals surface area contributed by atoms with Gasteiger partial charge in [-0.05, 0) is 53.8 Å². The van der Waals surface area contributed by atoms with Gasteiger partial charge in [-0.3, -0.25) is 4.79 Å². The van der Waals surface area contributed by atoms with Crippen molar-refractivity contribution in [3.05, 3.63) is 101 Å². The van der Waals surface area contributed by atoms with Gasteiger partial charge >= 0.3 is 0 Å². The first-order chi connectivity index (χ1) is 13.1. The van der Waals surface area contributed by atoms with E-state index in [2.05, 4.69) is 23.5 Å². The van der Waals surface area contributed by atoms with Gasteiger partial charge in [-0.2, -0.15) is 0 Å². The predicted molar refractivity (Wildman–Crippen MR) is 114 cm³/mol. The predicted octanol–water partition coefficient (Wildman–Crippen LogP) is 6.72. The second-order valence-corrected chi connectivity index (χ2v) is 6.97. The van der Waals surface area contributed by atoms with Gasteiger partial charge < -0.3 is 5.32 Å². The van der Waals surface area contributed by atoms with E-state index in [1.165, 1.54) is 0 Å². The molecule has 0 heterocycles. The molecule has 1 N–H and O–H groups in total. The summed E-state index contributed by atoms with van der Waals surface area (Å²) >= 11 is 6.04. The van der Waals surface area contributed by atoms with E-state index >= 15 is 0 Å². The van der Waals surface area contributed by atoms with E-state index in [1.807, 2.05) is 73.7 Å². The van der Waals surface area contributed by atoms with Crippen molar-refractivity contribution in [2.45, 2.75) is 6.92 Å². The molecule has 0 saturated carbocycles. The van der Waals surface area contributed by atoms with Crippen LogP contribution in [-0.2, 0) is 0 Å². The van der Waals surface area contributed by atoms with Crippen molar-refractivity contribution in [1.29, 1.82) is 0 Å². The zero-order valence-electron chi connectivity index (χ0n) is 14.9. The van der Waals surface area contributed by atoms with Gasteiger partial charge in [0.05, 0.1) is 0 Å². The number of carbonyl (C=O) groups is 1. The Balaban J connectivity index is 1.80. The minimum atomic E-state index is -0.117. The minimum absolute atomic E-state index is 0.117. The van der Waals surface area contributed by atoms with Gasteiger partial charge in [0.2, 0.25) is 0 Å². The van der Waals surface area contributed by atoms with Crippen LogP contribution >= 0.6 is 11.6 Å². The summed E-state index contributed by atoms with van der Waals surface area (Å²) in [7, 11) is 0. The zero-order chi connectivity index (χ0) is 18.8. The highest BCUT2D eigenvalue weighted by molar-refractivity contribution is 6.30. The molecule has 0 aromatic heterocycles. The molecule has 0 atom stereocenters. The van der Waals surface area contributed by atoms with E-state index in [0.717, 1.165) is 33.2 Å². The normalized spacial score (nSPS) is 10.7. The molecule has 4 aromatic carbocycles. The molecule has 0 bridgehead atoms. The largest absolute Gasteiger partial charge is 0.321 e. The lowest BCUT2D eigenvalue weighted by Gasteiger charge is -2.13. The molecule has 0 unspecified atom stereocenters. The number of halogens is 1. The average molecular weight is 372 g/mol. The lowest BCUT2D eigenvalue weighted by molar-refractivity contribution is 0.102. The number of benzene rings is 4. The molecule has 1 amide bonds. The molecule has 0 saturated heterocycles. The van der Waals surface area contributed by atoms with Gasteiger partial charge in [-0.25, -0.2) is 0 Å². The van der Waals surface area contributed by atoms with E-state index in [-0.39, 0.29) is 5.91 Å². The van der Waals surface area contributed by atoms with Crippen LogP contribution in [0.15, 0.2) is 84.9 Å². The summed E-state index contributed by atoms with van der Waals surface area (Å²) in [6, 6.07) is 27.4. The van der Waals surface area contributed by atoms with E-state index in [1.54, 1.807) is 0 Å². The Bertz CT molecular complexity index is 1110. The summed E-state index contributed by atoms with van der Waals surface area (Å²) in [5, 5.41) is 5.87. The molecule has 0 fully saturated rings. The number of hydrogen-bond donors (Lipinski definition) is 1. The lowest BCUT2D eigenvalue weighted by Crippen LogP contribution is -2.12. The van der Waals surface area contributed by atoms with Crippen LogP contribution in [0.1, 0.15) is 15.9 Å². The van der Waals surface area contributed by atoms with Gasteiger partial charge in [0.15, 0.2) is 0 Å². The smallest absolute Gasteiger partial charge is 0.255 e. The van der Waals surface area contributed by atoms with Crippen molar-refractivity contribution >= 4 is 34.0 Å². The molecule has 0 radical (unpaired) electrons. The zero-order valence-corrected chi connectivity index (χ0v) is 15.6. The molecule has 0 spiro atoms. The third-order valence-corrected chi connectivity index (χ3v) is 4.87. The first kappa shape index (κ1) is 17.3. The molecule has 0 aliphatic carbocycles. The molecule has 27 heavy (non-hydrogen) atoms. The molecule has 0 aliphatic heterocycles. The van der Waals surface area contributed by atoms with Gasteiger partial charge in [-0.15, -0.1) is 0 Å². The second kappa shape index (κ2) is 7.26. The van der Waals surface area contributed by atoms with Crippen molar-refractivity contribution in [2.75, 3.05) is 5.32 Å². The van der Waals surface area contributed by atoms with Crippen molar-refractivity contribution < 1.29 is 4.79 Å². The van der Waals surface area contributed by atoms with Crippen molar-refractivity contribution in [1.82, 2.24) is 0 Å². The fourth-order valence-electron chi connectivity index (χ4n) is 3.21. The standard InChI is InChI=1S/C24H18ClNO/c1-16-8-10-19(11-9-16)24(27)26-22-7-3-5-18-4-2-6-21(23(18)22)17-12-14-20(25)15-13-17/h2-15H,1H3,(H,26,27). The Morgan fingerprint density at radius 3 is 2.19 bits per heavy atom. The SMILES string of the molecule is Cc1ccc(C(=O)Nc2cccc3cccc(-c4ccc(Cl)cc4)c23)cc1. The summed E-state index contributed by atoms with van der Waals surface area (Å²) in [4.78, 5) is 12.7. The minimum Gasteiger partial charge on any atom is -0.321 e. The topological polar surface area (TPSA) is 29.1 Å².